The summed E-state index contributed by atoms with van der Waals surface area (Å²) in [6, 6.07) is 0. The molecule has 0 heterocycles. The molecule has 0 fully saturated rings. The maximum absolute atomic E-state index is 5.17. The molecule has 2 heteroatoms. The minimum absolute atomic E-state index is 0. The van der Waals surface area contributed by atoms with Gasteiger partial charge in [-0.15, -0.1) is 0 Å². The number of hydrogen-bond acceptors (Lipinski definition) is 1. The van der Waals surface area contributed by atoms with Gasteiger partial charge in [-0.25, -0.2) is 0 Å². The molecule has 0 saturated heterocycles. The summed E-state index contributed by atoms with van der Waals surface area (Å²) in [6.07, 6.45) is 2.45. The predicted molar refractivity (Wildman–Crippen MR) is 35.7 cm³/mol. The van der Waals surface area contributed by atoms with E-state index in [-0.39, 0.29) is 25.0 Å². The Bertz CT molecular complexity index is 42.2. The minimum atomic E-state index is 0. The second kappa shape index (κ2) is 8.56. The minimum Gasteiger partial charge on any atom is -0.410 e. The fourth-order valence-electron chi connectivity index (χ4n) is 0.641. The van der Waals surface area contributed by atoms with Crippen molar-refractivity contribution < 1.29 is 23.6 Å². The third kappa shape index (κ3) is 8.56. The fraction of sp³-hybridized carbons (Fsp3) is 0.857. The molecule has 0 aliphatic rings. The van der Waals surface area contributed by atoms with Crippen molar-refractivity contribution in [2.45, 2.75) is 32.8 Å². The van der Waals surface area contributed by atoms with E-state index in [9.17, 15) is 0 Å². The molecule has 0 aliphatic carbocycles. The van der Waals surface area contributed by atoms with Gasteiger partial charge in [-0.05, 0) is 6.92 Å². The molecule has 9 heavy (non-hydrogen) atoms. The molecule has 0 bridgehead atoms. The topological polar surface area (TPSA) is 9.23 Å². The molecular weight excluding hydrogens is 107 g/mol. The van der Waals surface area contributed by atoms with Crippen molar-refractivity contribution in [2.75, 3.05) is 6.61 Å². The van der Waals surface area contributed by atoms with Crippen molar-refractivity contribution in [3.8, 4) is 0 Å². The summed E-state index contributed by atoms with van der Waals surface area (Å²) < 4.78 is 5.17. The van der Waals surface area contributed by atoms with Crippen LogP contribution in [0, 0.1) is 6.92 Å². The molecular formula is C7H15LiO. The van der Waals surface area contributed by atoms with E-state index in [0.717, 1.165) is 19.4 Å². The molecule has 0 radical (unpaired) electrons. The van der Waals surface area contributed by atoms with Crippen molar-refractivity contribution in [1.29, 1.82) is 0 Å². The average Bonchev–Trinajstić information content (AvgIpc) is 1.68. The van der Waals surface area contributed by atoms with Crippen LogP contribution in [0.3, 0.4) is 0 Å². The summed E-state index contributed by atoms with van der Waals surface area (Å²) in [5.41, 5.74) is 0. The van der Waals surface area contributed by atoms with Crippen LogP contribution in [0.5, 0.6) is 0 Å². The molecule has 0 saturated carbocycles. The Labute approximate surface area is 70.3 Å². The standard InChI is InChI=1S/C7H15O.Li/c1-4-6-7(3)8-5-2;/h7H,3-6H2,1-2H3;/q-1;+1. The largest absolute Gasteiger partial charge is 1.00 e. The van der Waals surface area contributed by atoms with Crippen LogP contribution >= 0.6 is 0 Å². The van der Waals surface area contributed by atoms with Crippen LogP contribution in [-0.4, -0.2) is 12.7 Å². The van der Waals surface area contributed by atoms with Gasteiger partial charge in [-0.1, -0.05) is 25.9 Å². The van der Waals surface area contributed by atoms with Crippen molar-refractivity contribution in [3.05, 3.63) is 6.92 Å². The first-order valence-electron chi connectivity index (χ1n) is 3.26. The molecule has 0 N–H and O–H groups in total. The number of ether oxygens (including phenoxy) is 1. The third-order valence-electron chi connectivity index (χ3n) is 1.01. The zero-order valence-corrected chi connectivity index (χ0v) is 6.81. The van der Waals surface area contributed by atoms with Crippen LogP contribution in [0.2, 0.25) is 0 Å². The van der Waals surface area contributed by atoms with Gasteiger partial charge in [-0.3, -0.25) is 0 Å². The monoisotopic (exact) mass is 122 g/mol. The van der Waals surface area contributed by atoms with Crippen LogP contribution in [-0.2, 0) is 4.74 Å². The Balaban J connectivity index is 0. The predicted octanol–water partition coefficient (Wildman–Crippen LogP) is -0.970. The van der Waals surface area contributed by atoms with E-state index >= 15 is 0 Å². The van der Waals surface area contributed by atoms with Gasteiger partial charge in [0, 0.05) is 6.61 Å². The molecule has 1 nitrogen and oxygen atoms in total. The van der Waals surface area contributed by atoms with Crippen molar-refractivity contribution in [1.82, 2.24) is 0 Å². The smallest absolute Gasteiger partial charge is 0.410 e. The summed E-state index contributed by atoms with van der Waals surface area (Å²) in [7, 11) is 0. The maximum Gasteiger partial charge on any atom is 1.00 e. The van der Waals surface area contributed by atoms with Gasteiger partial charge < -0.3 is 11.7 Å². The van der Waals surface area contributed by atoms with Crippen molar-refractivity contribution in [3.63, 3.8) is 0 Å². The maximum atomic E-state index is 5.17. The summed E-state index contributed by atoms with van der Waals surface area (Å²) in [5, 5.41) is 0. The van der Waals surface area contributed by atoms with E-state index in [2.05, 4.69) is 13.8 Å². The Morgan fingerprint density at radius 2 is 2.00 bits per heavy atom. The molecule has 0 aromatic rings. The summed E-state index contributed by atoms with van der Waals surface area (Å²) in [5.74, 6) is 0. The summed E-state index contributed by atoms with van der Waals surface area (Å²) >= 11 is 0. The Hall–Kier alpha value is 0.557. The normalized spacial score (nSPS) is 12.3. The van der Waals surface area contributed by atoms with Gasteiger partial charge in [0.05, 0.1) is 0 Å². The van der Waals surface area contributed by atoms with E-state index in [0.29, 0.717) is 0 Å². The average molecular weight is 122 g/mol. The molecule has 0 amide bonds. The van der Waals surface area contributed by atoms with Gasteiger partial charge in [-0.2, -0.15) is 0 Å². The first-order chi connectivity index (χ1) is 3.81. The number of rotatable bonds is 4. The molecule has 0 spiro atoms. The first kappa shape index (κ1) is 12.3. The molecule has 0 aromatic heterocycles. The van der Waals surface area contributed by atoms with Crippen LogP contribution in [0.25, 0.3) is 0 Å². The van der Waals surface area contributed by atoms with E-state index in [1.54, 1.807) is 0 Å². The molecule has 1 unspecified atom stereocenters. The van der Waals surface area contributed by atoms with Crippen molar-refractivity contribution in [2.24, 2.45) is 0 Å². The van der Waals surface area contributed by atoms with Gasteiger partial charge in [0.2, 0.25) is 0 Å². The van der Waals surface area contributed by atoms with Crippen LogP contribution < -0.4 is 18.9 Å². The second-order valence-electron chi connectivity index (χ2n) is 1.87. The van der Waals surface area contributed by atoms with E-state index in [1.165, 1.54) is 0 Å². The van der Waals surface area contributed by atoms with Gasteiger partial charge >= 0.3 is 18.9 Å². The summed E-state index contributed by atoms with van der Waals surface area (Å²) in [6.45, 7) is 8.71. The Morgan fingerprint density at radius 1 is 1.44 bits per heavy atom. The molecule has 50 valence electrons. The third-order valence-corrected chi connectivity index (χ3v) is 1.01. The van der Waals surface area contributed by atoms with Crippen LogP contribution in [0.1, 0.15) is 26.7 Å². The van der Waals surface area contributed by atoms with E-state index in [1.807, 2.05) is 6.92 Å². The fourth-order valence-corrected chi connectivity index (χ4v) is 0.641. The van der Waals surface area contributed by atoms with Crippen LogP contribution in [0.15, 0.2) is 0 Å². The van der Waals surface area contributed by atoms with E-state index < -0.39 is 0 Å². The Kier molecular flexibility index (Phi) is 11.7. The summed E-state index contributed by atoms with van der Waals surface area (Å²) in [4.78, 5) is 0. The van der Waals surface area contributed by atoms with Crippen LogP contribution in [0.4, 0.5) is 0 Å². The molecule has 1 atom stereocenters. The van der Waals surface area contributed by atoms with Gasteiger partial charge in [0.25, 0.3) is 0 Å². The Morgan fingerprint density at radius 3 is 2.33 bits per heavy atom. The zero-order chi connectivity index (χ0) is 6.41. The second-order valence-corrected chi connectivity index (χ2v) is 1.87. The quantitative estimate of drug-likeness (QED) is 0.344. The zero-order valence-electron chi connectivity index (χ0n) is 6.81. The SMILES string of the molecule is [CH2-]C(CCC)OCC.[Li+]. The molecule has 0 aromatic carbocycles. The number of hydrogen-bond donors (Lipinski definition) is 0. The van der Waals surface area contributed by atoms with Gasteiger partial charge in [0.15, 0.2) is 0 Å². The molecule has 0 aliphatic heterocycles. The first-order valence-corrected chi connectivity index (χ1v) is 3.26. The van der Waals surface area contributed by atoms with E-state index in [4.69, 9.17) is 4.74 Å². The van der Waals surface area contributed by atoms with Crippen molar-refractivity contribution >= 4 is 0 Å². The van der Waals surface area contributed by atoms with Gasteiger partial charge in [0.1, 0.15) is 0 Å². The molecule has 0 rings (SSSR count).